The number of anilines is 1. The second kappa shape index (κ2) is 8.52. The third-order valence-corrected chi connectivity index (χ3v) is 5.66. The van der Waals surface area contributed by atoms with Crippen molar-refractivity contribution in [3.63, 3.8) is 0 Å². The van der Waals surface area contributed by atoms with Crippen LogP contribution in [0.2, 0.25) is 0 Å². The molecule has 1 fully saturated rings. The van der Waals surface area contributed by atoms with Gasteiger partial charge in [0.05, 0.1) is 34.4 Å². The Hall–Kier alpha value is -3.38. The summed E-state index contributed by atoms with van der Waals surface area (Å²) in [6.45, 7) is 4.81. The van der Waals surface area contributed by atoms with Gasteiger partial charge in [-0.2, -0.15) is 18.4 Å². The first-order chi connectivity index (χ1) is 15.6. The lowest BCUT2D eigenvalue weighted by molar-refractivity contribution is -0.137. The minimum Gasteiger partial charge on any atom is -0.372 e. The summed E-state index contributed by atoms with van der Waals surface area (Å²) >= 11 is 0. The van der Waals surface area contributed by atoms with Gasteiger partial charge < -0.3 is 14.2 Å². The van der Waals surface area contributed by atoms with E-state index in [1.807, 2.05) is 24.8 Å². The first-order valence-corrected chi connectivity index (χ1v) is 10.4. The van der Waals surface area contributed by atoms with E-state index in [2.05, 4.69) is 0 Å². The fraction of sp³-hybridized carbons (Fsp3) is 0.333. The summed E-state index contributed by atoms with van der Waals surface area (Å²) in [5, 5.41) is 9.41. The van der Waals surface area contributed by atoms with E-state index in [0.29, 0.717) is 29.9 Å². The second-order valence-electron chi connectivity index (χ2n) is 8.29. The van der Waals surface area contributed by atoms with E-state index in [1.165, 1.54) is 18.3 Å². The molecule has 9 heteroatoms. The molecule has 0 N–H and O–H groups in total. The number of alkyl halides is 3. The summed E-state index contributed by atoms with van der Waals surface area (Å²) in [4.78, 5) is 14.5. The van der Waals surface area contributed by atoms with Crippen molar-refractivity contribution in [2.24, 2.45) is 0 Å². The SMILES string of the molecule is CC1CN(c2cc3c(cc2F)c(=O)c(C#N)cn3Cc2ccc(C(F)(F)F)cc2)CC(C)O1. The van der Waals surface area contributed by atoms with Crippen LogP contribution in [0.3, 0.4) is 0 Å². The van der Waals surface area contributed by atoms with Crippen molar-refractivity contribution in [3.8, 4) is 6.07 Å². The third kappa shape index (κ3) is 4.57. The van der Waals surface area contributed by atoms with E-state index < -0.39 is 23.0 Å². The van der Waals surface area contributed by atoms with E-state index in [-0.39, 0.29) is 29.7 Å². The van der Waals surface area contributed by atoms with Crippen molar-refractivity contribution in [1.29, 1.82) is 5.26 Å². The highest BCUT2D eigenvalue weighted by atomic mass is 19.4. The van der Waals surface area contributed by atoms with Gasteiger partial charge in [0.1, 0.15) is 17.4 Å². The quantitative estimate of drug-likeness (QED) is 0.533. The van der Waals surface area contributed by atoms with Crippen molar-refractivity contribution >= 4 is 16.6 Å². The maximum Gasteiger partial charge on any atom is 0.416 e. The number of rotatable bonds is 3. The molecule has 0 radical (unpaired) electrons. The molecule has 1 saturated heterocycles. The highest BCUT2D eigenvalue weighted by molar-refractivity contribution is 5.84. The zero-order valence-corrected chi connectivity index (χ0v) is 18.0. The van der Waals surface area contributed by atoms with Gasteiger partial charge in [-0.05, 0) is 43.7 Å². The number of pyridine rings is 1. The summed E-state index contributed by atoms with van der Waals surface area (Å²) < 4.78 is 61.0. The molecular weight excluding hydrogens is 438 g/mol. The number of morpholine rings is 1. The topological polar surface area (TPSA) is 58.3 Å². The minimum absolute atomic E-state index is 0.0385. The number of nitrogens with zero attached hydrogens (tertiary/aromatic N) is 3. The summed E-state index contributed by atoms with van der Waals surface area (Å²) in [5.74, 6) is -0.586. The molecule has 0 saturated carbocycles. The maximum atomic E-state index is 15.1. The van der Waals surface area contributed by atoms with Gasteiger partial charge >= 0.3 is 6.18 Å². The first-order valence-electron chi connectivity index (χ1n) is 10.4. The molecule has 2 heterocycles. The Morgan fingerprint density at radius 2 is 1.76 bits per heavy atom. The second-order valence-corrected chi connectivity index (χ2v) is 8.29. The van der Waals surface area contributed by atoms with Crippen LogP contribution in [0, 0.1) is 17.1 Å². The van der Waals surface area contributed by atoms with Gasteiger partial charge in [0.25, 0.3) is 0 Å². The molecule has 5 nitrogen and oxygen atoms in total. The average Bonchev–Trinajstić information content (AvgIpc) is 2.74. The van der Waals surface area contributed by atoms with Gasteiger partial charge in [-0.25, -0.2) is 4.39 Å². The third-order valence-electron chi connectivity index (χ3n) is 5.66. The molecule has 0 bridgehead atoms. The van der Waals surface area contributed by atoms with Crippen molar-refractivity contribution in [1.82, 2.24) is 4.57 Å². The number of ether oxygens (including phenoxy) is 1. The number of aromatic nitrogens is 1. The van der Waals surface area contributed by atoms with Crippen LogP contribution in [0.5, 0.6) is 0 Å². The molecule has 0 spiro atoms. The summed E-state index contributed by atoms with van der Waals surface area (Å²) in [5.41, 5.74) is -0.303. The lowest BCUT2D eigenvalue weighted by atomic mass is 10.1. The van der Waals surface area contributed by atoms with Gasteiger partial charge in [0.2, 0.25) is 5.43 Å². The summed E-state index contributed by atoms with van der Waals surface area (Å²) in [6, 6.07) is 9.15. The van der Waals surface area contributed by atoms with Crippen LogP contribution in [0.4, 0.5) is 23.2 Å². The number of hydrogen-bond donors (Lipinski definition) is 0. The van der Waals surface area contributed by atoms with Gasteiger partial charge in [-0.3, -0.25) is 4.79 Å². The Kier molecular flexibility index (Phi) is 5.89. The molecule has 2 unspecified atom stereocenters. The molecule has 1 aromatic heterocycles. The van der Waals surface area contributed by atoms with Gasteiger partial charge in [-0.15, -0.1) is 0 Å². The standard InChI is InChI=1S/C24H21F4N3O2/c1-14-10-30(11-15(2)33-14)22-8-21-19(7-20(22)25)23(32)17(9-29)13-31(21)12-16-3-5-18(6-4-16)24(26,27)28/h3-8,13-15H,10-12H2,1-2H3. The van der Waals surface area contributed by atoms with Crippen molar-refractivity contribution in [3.05, 3.63) is 75.3 Å². The van der Waals surface area contributed by atoms with E-state index in [0.717, 1.165) is 18.2 Å². The Balaban J connectivity index is 1.82. The Bertz CT molecular complexity index is 1280. The monoisotopic (exact) mass is 459 g/mol. The highest BCUT2D eigenvalue weighted by Gasteiger charge is 2.30. The van der Waals surface area contributed by atoms with Crippen LogP contribution in [0.15, 0.2) is 47.4 Å². The molecule has 0 aliphatic carbocycles. The number of hydrogen-bond acceptors (Lipinski definition) is 4. The van der Waals surface area contributed by atoms with Crippen LogP contribution >= 0.6 is 0 Å². The molecule has 2 atom stereocenters. The smallest absolute Gasteiger partial charge is 0.372 e. The van der Waals surface area contributed by atoms with Gasteiger partial charge in [-0.1, -0.05) is 12.1 Å². The Labute approximate surface area is 187 Å². The molecule has 4 rings (SSSR count). The molecule has 33 heavy (non-hydrogen) atoms. The molecular formula is C24H21F4N3O2. The van der Waals surface area contributed by atoms with Crippen molar-refractivity contribution in [2.75, 3.05) is 18.0 Å². The van der Waals surface area contributed by atoms with E-state index in [4.69, 9.17) is 4.74 Å². The fourth-order valence-electron chi connectivity index (χ4n) is 4.22. The zero-order chi connectivity index (χ0) is 23.9. The molecule has 172 valence electrons. The summed E-state index contributed by atoms with van der Waals surface area (Å²) in [7, 11) is 0. The normalized spacial score (nSPS) is 19.0. The van der Waals surface area contributed by atoms with Crippen LogP contribution in [0.1, 0.15) is 30.5 Å². The largest absolute Gasteiger partial charge is 0.416 e. The van der Waals surface area contributed by atoms with Gasteiger partial charge in [0, 0.05) is 25.8 Å². The lowest BCUT2D eigenvalue weighted by Crippen LogP contribution is -2.45. The van der Waals surface area contributed by atoms with Crippen molar-refractivity contribution in [2.45, 2.75) is 38.8 Å². The van der Waals surface area contributed by atoms with Crippen LogP contribution in [-0.2, 0) is 17.5 Å². The molecule has 2 aromatic carbocycles. The number of halogens is 4. The molecule has 1 aliphatic rings. The fourth-order valence-corrected chi connectivity index (χ4v) is 4.22. The van der Waals surface area contributed by atoms with Crippen LogP contribution < -0.4 is 10.3 Å². The van der Waals surface area contributed by atoms with E-state index >= 15 is 4.39 Å². The van der Waals surface area contributed by atoms with E-state index in [1.54, 1.807) is 10.6 Å². The molecule has 1 aliphatic heterocycles. The molecule has 3 aromatic rings. The average molecular weight is 459 g/mol. The summed E-state index contributed by atoms with van der Waals surface area (Å²) in [6.07, 6.45) is -3.32. The van der Waals surface area contributed by atoms with Gasteiger partial charge in [0.15, 0.2) is 0 Å². The van der Waals surface area contributed by atoms with Crippen molar-refractivity contribution < 1.29 is 22.3 Å². The predicted octanol–water partition coefficient (Wildman–Crippen LogP) is 4.69. The first kappa shape index (κ1) is 22.8. The predicted molar refractivity (Wildman–Crippen MR) is 116 cm³/mol. The molecule has 0 amide bonds. The number of nitriles is 1. The minimum atomic E-state index is -4.45. The van der Waals surface area contributed by atoms with Crippen LogP contribution in [-0.4, -0.2) is 29.9 Å². The Morgan fingerprint density at radius 1 is 1.12 bits per heavy atom. The lowest BCUT2D eigenvalue weighted by Gasteiger charge is -2.37. The zero-order valence-electron chi connectivity index (χ0n) is 18.0. The highest BCUT2D eigenvalue weighted by Crippen LogP contribution is 2.30. The number of benzene rings is 2. The number of fused-ring (bicyclic) bond motifs is 1. The van der Waals surface area contributed by atoms with Crippen LogP contribution in [0.25, 0.3) is 10.9 Å². The van der Waals surface area contributed by atoms with E-state index in [9.17, 15) is 23.2 Å². The maximum absolute atomic E-state index is 15.1. The Morgan fingerprint density at radius 3 is 2.33 bits per heavy atom.